The van der Waals surface area contributed by atoms with Crippen molar-refractivity contribution >= 4 is 5.97 Å². The van der Waals surface area contributed by atoms with E-state index in [4.69, 9.17) is 9.47 Å². The minimum atomic E-state index is -0.672. The number of nitrogens with zero attached hydrogens (tertiary/aromatic N) is 1. The maximum absolute atomic E-state index is 12.6. The van der Waals surface area contributed by atoms with Crippen molar-refractivity contribution in [2.24, 2.45) is 0 Å². The molecule has 3 fully saturated rings. The predicted molar refractivity (Wildman–Crippen MR) is 81.2 cm³/mol. The van der Waals surface area contributed by atoms with Crippen LogP contribution in [0, 0.1) is 5.21 Å². The first-order chi connectivity index (χ1) is 11.0. The Hall–Kier alpha value is -1.47. The summed E-state index contributed by atoms with van der Waals surface area (Å²) in [5.41, 5.74) is 0.745. The first-order valence-corrected chi connectivity index (χ1v) is 8.11. The molecule has 6 nitrogen and oxygen atoms in total. The fraction of sp³-hybridized carbons (Fsp3) is 0.588. The monoisotopic (exact) mass is 319 g/mol. The van der Waals surface area contributed by atoms with Crippen LogP contribution in [0.15, 0.2) is 30.3 Å². The third-order valence-corrected chi connectivity index (χ3v) is 5.60. The van der Waals surface area contributed by atoms with Crippen molar-refractivity contribution in [3.8, 4) is 0 Å². The van der Waals surface area contributed by atoms with Crippen LogP contribution in [0.4, 0.5) is 0 Å². The molecule has 0 radical (unpaired) electrons. The van der Waals surface area contributed by atoms with Crippen molar-refractivity contribution in [1.82, 2.24) is 0 Å². The van der Waals surface area contributed by atoms with E-state index in [9.17, 15) is 15.1 Å². The van der Waals surface area contributed by atoms with Gasteiger partial charge in [0.25, 0.3) is 0 Å². The Morgan fingerprint density at radius 1 is 1.35 bits per heavy atom. The molecule has 23 heavy (non-hydrogen) atoms. The number of benzene rings is 1. The predicted octanol–water partition coefficient (Wildman–Crippen LogP) is 0.931. The largest absolute Gasteiger partial charge is 0.632 e. The van der Waals surface area contributed by atoms with Gasteiger partial charge in [0.2, 0.25) is 0 Å². The van der Waals surface area contributed by atoms with Crippen LogP contribution in [0.5, 0.6) is 0 Å². The molecule has 1 aromatic rings. The van der Waals surface area contributed by atoms with Gasteiger partial charge in [-0.15, -0.1) is 0 Å². The second kappa shape index (κ2) is 5.27. The fourth-order valence-electron chi connectivity index (χ4n) is 4.25. The van der Waals surface area contributed by atoms with Crippen molar-refractivity contribution in [2.45, 2.75) is 49.2 Å². The van der Waals surface area contributed by atoms with Gasteiger partial charge < -0.3 is 24.4 Å². The molecule has 6 heteroatoms. The molecule has 1 aromatic carbocycles. The van der Waals surface area contributed by atoms with Crippen molar-refractivity contribution < 1.29 is 24.0 Å². The smallest absolute Gasteiger partial charge is 0.316 e. The molecule has 0 amide bonds. The molecular weight excluding hydrogens is 298 g/mol. The molecular formula is C17H21NO5. The van der Waals surface area contributed by atoms with Gasteiger partial charge in [0.15, 0.2) is 0 Å². The summed E-state index contributed by atoms with van der Waals surface area (Å²) in [6, 6.07) is 8.86. The van der Waals surface area contributed by atoms with E-state index < -0.39 is 11.9 Å². The zero-order valence-corrected chi connectivity index (χ0v) is 13.0. The summed E-state index contributed by atoms with van der Waals surface area (Å²) in [5, 5.41) is 22.2. The van der Waals surface area contributed by atoms with E-state index in [0.717, 1.165) is 5.56 Å². The number of fused-ring (bicyclic) bond motifs is 5. The van der Waals surface area contributed by atoms with E-state index in [-0.39, 0.29) is 41.6 Å². The molecule has 1 N–H and O–H groups in total. The number of quaternary nitrogens is 1. The zero-order valence-electron chi connectivity index (χ0n) is 13.0. The first kappa shape index (κ1) is 15.1. The van der Waals surface area contributed by atoms with Crippen LogP contribution in [0.1, 0.15) is 24.3 Å². The molecule has 2 bridgehead atoms. The van der Waals surface area contributed by atoms with Gasteiger partial charge in [-0.05, 0) is 5.56 Å². The molecule has 4 rings (SSSR count). The van der Waals surface area contributed by atoms with Crippen molar-refractivity contribution in [1.29, 1.82) is 0 Å². The standard InChI is InChI=1S/C17H21NO5/c1-18(21)13-7-11(8-14(18)16-15(13)23-16)22-17(20)12(9-19)10-5-3-2-4-6-10/h2-6,11-16,19H,7-9H2,1H3/t11?,12-,13?,14?,15-,16+,18?/m1/s1. The molecule has 3 aliphatic rings. The zero-order chi connectivity index (χ0) is 16.2. The normalized spacial score (nSPS) is 42.0. The van der Waals surface area contributed by atoms with Crippen LogP contribution in [0.25, 0.3) is 0 Å². The SMILES string of the molecule is C[N+]1([O-])C2CC(OC(=O)[C@H](CO)c3ccccc3)CC1[C@@H]1O[C@H]21. The summed E-state index contributed by atoms with van der Waals surface area (Å²) in [6.07, 6.45) is 0.891. The lowest BCUT2D eigenvalue weighted by Crippen LogP contribution is -2.58. The summed E-state index contributed by atoms with van der Waals surface area (Å²) < 4.78 is 10.9. The number of rotatable bonds is 4. The number of epoxide rings is 1. The summed E-state index contributed by atoms with van der Waals surface area (Å²) >= 11 is 0. The number of esters is 1. The Morgan fingerprint density at radius 2 is 1.96 bits per heavy atom. The molecule has 0 aromatic heterocycles. The van der Waals surface area contributed by atoms with E-state index in [1.165, 1.54) is 0 Å². The van der Waals surface area contributed by atoms with Gasteiger partial charge in [-0.2, -0.15) is 0 Å². The van der Waals surface area contributed by atoms with Crippen LogP contribution in [0.3, 0.4) is 0 Å². The molecule has 124 valence electrons. The number of hydrogen-bond acceptors (Lipinski definition) is 5. The van der Waals surface area contributed by atoms with E-state index in [1.807, 2.05) is 18.2 Å². The molecule has 7 atom stereocenters. The summed E-state index contributed by atoms with van der Waals surface area (Å²) in [5.74, 6) is -1.09. The van der Waals surface area contributed by atoms with Crippen LogP contribution in [0.2, 0.25) is 0 Å². The van der Waals surface area contributed by atoms with Gasteiger partial charge in [-0.25, -0.2) is 0 Å². The fourth-order valence-corrected chi connectivity index (χ4v) is 4.25. The van der Waals surface area contributed by atoms with Crippen molar-refractivity contribution in [3.05, 3.63) is 41.1 Å². The number of piperidine rings is 1. The van der Waals surface area contributed by atoms with Crippen LogP contribution in [-0.2, 0) is 14.3 Å². The van der Waals surface area contributed by atoms with E-state index in [1.54, 1.807) is 19.2 Å². The average molecular weight is 319 g/mol. The second-order valence-electron chi connectivity index (χ2n) is 6.94. The Bertz CT molecular complexity index is 584. The molecule has 4 unspecified atom stereocenters. The first-order valence-electron chi connectivity index (χ1n) is 8.11. The molecule has 0 saturated carbocycles. The lowest BCUT2D eigenvalue weighted by molar-refractivity contribution is -0.911. The number of likely N-dealkylation sites (N-methyl/N-ethyl adjacent to an activating group) is 1. The van der Waals surface area contributed by atoms with Gasteiger partial charge in [0.05, 0.1) is 13.7 Å². The lowest BCUT2D eigenvalue weighted by Gasteiger charge is -2.51. The minimum Gasteiger partial charge on any atom is -0.632 e. The van der Waals surface area contributed by atoms with Gasteiger partial charge in [-0.1, -0.05) is 30.3 Å². The van der Waals surface area contributed by atoms with Gasteiger partial charge >= 0.3 is 5.97 Å². The average Bonchev–Trinajstić information content (AvgIpc) is 3.27. The maximum atomic E-state index is 12.6. The third kappa shape index (κ3) is 2.37. The van der Waals surface area contributed by atoms with E-state index in [0.29, 0.717) is 12.8 Å². The Kier molecular flexibility index (Phi) is 3.46. The van der Waals surface area contributed by atoms with Crippen LogP contribution < -0.4 is 0 Å². The number of morpholine rings is 1. The second-order valence-corrected chi connectivity index (χ2v) is 6.94. The van der Waals surface area contributed by atoms with Gasteiger partial charge in [-0.3, -0.25) is 4.79 Å². The highest BCUT2D eigenvalue weighted by Gasteiger charge is 2.69. The van der Waals surface area contributed by atoms with Crippen molar-refractivity contribution in [3.63, 3.8) is 0 Å². The topological polar surface area (TPSA) is 82.1 Å². The molecule has 0 aliphatic carbocycles. The Labute approximate surface area is 134 Å². The number of carbonyl (C=O) groups is 1. The van der Waals surface area contributed by atoms with Gasteiger partial charge in [0, 0.05) is 12.8 Å². The van der Waals surface area contributed by atoms with Gasteiger partial charge in [0.1, 0.15) is 36.3 Å². The highest BCUT2D eigenvalue weighted by molar-refractivity contribution is 5.78. The number of aliphatic hydroxyl groups is 1. The Balaban J connectivity index is 1.44. The Morgan fingerprint density at radius 3 is 2.52 bits per heavy atom. The number of ether oxygens (including phenoxy) is 2. The van der Waals surface area contributed by atoms with Crippen molar-refractivity contribution in [2.75, 3.05) is 13.7 Å². The summed E-state index contributed by atoms with van der Waals surface area (Å²) in [7, 11) is 1.70. The van der Waals surface area contributed by atoms with Crippen LogP contribution >= 0.6 is 0 Å². The quantitative estimate of drug-likeness (QED) is 0.386. The molecule has 0 spiro atoms. The molecule has 3 aliphatic heterocycles. The highest BCUT2D eigenvalue weighted by Crippen LogP contribution is 2.52. The number of aliphatic hydroxyl groups excluding tert-OH is 1. The lowest BCUT2D eigenvalue weighted by atomic mass is 9.97. The number of hydrogen-bond donors (Lipinski definition) is 1. The molecule has 3 saturated heterocycles. The van der Waals surface area contributed by atoms with Crippen LogP contribution in [-0.4, -0.2) is 59.8 Å². The summed E-state index contributed by atoms with van der Waals surface area (Å²) in [4.78, 5) is 12.4. The minimum absolute atomic E-state index is 0.0361. The number of carbonyl (C=O) groups excluding carboxylic acids is 1. The maximum Gasteiger partial charge on any atom is 0.316 e. The highest BCUT2D eigenvalue weighted by atomic mass is 16.6. The molecule has 3 heterocycles. The van der Waals surface area contributed by atoms with E-state index in [2.05, 4.69) is 0 Å². The number of hydroxylamine groups is 3. The summed E-state index contributed by atoms with van der Waals surface area (Å²) in [6.45, 7) is -0.286. The van der Waals surface area contributed by atoms with E-state index >= 15 is 0 Å². The third-order valence-electron chi connectivity index (χ3n) is 5.60.